The van der Waals surface area contributed by atoms with Gasteiger partial charge in [0, 0.05) is 43.1 Å². The van der Waals surface area contributed by atoms with Crippen LogP contribution in [-0.4, -0.2) is 48.6 Å². The van der Waals surface area contributed by atoms with Gasteiger partial charge in [0.2, 0.25) is 5.91 Å². The van der Waals surface area contributed by atoms with Crippen LogP contribution in [0.3, 0.4) is 0 Å². The second-order valence-electron chi connectivity index (χ2n) is 6.25. The van der Waals surface area contributed by atoms with Crippen molar-refractivity contribution in [2.75, 3.05) is 26.8 Å². The zero-order valence-electron chi connectivity index (χ0n) is 14.4. The molecule has 0 saturated carbocycles. The van der Waals surface area contributed by atoms with Crippen LogP contribution in [0.1, 0.15) is 17.5 Å². The molecule has 2 heterocycles. The van der Waals surface area contributed by atoms with E-state index < -0.39 is 0 Å². The highest BCUT2D eigenvalue weighted by molar-refractivity contribution is 7.15. The third-order valence-corrected chi connectivity index (χ3v) is 5.22. The van der Waals surface area contributed by atoms with E-state index in [1.807, 2.05) is 13.0 Å². The molecule has 1 amide bonds. The van der Waals surface area contributed by atoms with E-state index in [2.05, 4.69) is 15.2 Å². The topological polar surface area (TPSA) is 54.5 Å². The maximum absolute atomic E-state index is 14.0. The summed E-state index contributed by atoms with van der Waals surface area (Å²) >= 11 is 1.51. The Bertz CT molecular complexity index is 750. The van der Waals surface area contributed by atoms with E-state index in [0.29, 0.717) is 30.3 Å². The predicted molar refractivity (Wildman–Crippen MR) is 96.0 cm³/mol. The number of carbonyl (C=O) groups is 1. The number of hydrogen-bond acceptors (Lipinski definition) is 5. The van der Waals surface area contributed by atoms with Gasteiger partial charge in [0.1, 0.15) is 10.8 Å². The number of benzene rings is 1. The minimum atomic E-state index is -0.253. The van der Waals surface area contributed by atoms with Crippen molar-refractivity contribution in [3.8, 4) is 10.6 Å². The number of nitrogens with one attached hydrogen (secondary N) is 1. The monoisotopic (exact) mass is 363 g/mol. The molecule has 0 saturated heterocycles. The lowest BCUT2D eigenvalue weighted by atomic mass is 10.1. The number of fused-ring (bicyclic) bond motifs is 1. The van der Waals surface area contributed by atoms with Crippen molar-refractivity contribution in [1.82, 2.24) is 15.2 Å². The first-order valence-corrected chi connectivity index (χ1v) is 9.12. The molecule has 0 spiro atoms. The van der Waals surface area contributed by atoms with E-state index in [1.165, 1.54) is 17.4 Å². The number of nitrogens with zero attached hydrogens (tertiary/aromatic N) is 2. The minimum Gasteiger partial charge on any atom is -0.383 e. The molecule has 7 heteroatoms. The van der Waals surface area contributed by atoms with E-state index >= 15 is 0 Å². The number of aromatic nitrogens is 1. The van der Waals surface area contributed by atoms with Crippen LogP contribution in [0.5, 0.6) is 0 Å². The molecule has 3 rings (SSSR count). The minimum absolute atomic E-state index is 0.00563. The Kier molecular flexibility index (Phi) is 5.78. The van der Waals surface area contributed by atoms with E-state index in [9.17, 15) is 9.18 Å². The SMILES string of the molecule is COCC(C)NC(=O)CN1CCc2nc(-c3ccccc3F)sc2C1. The summed E-state index contributed by atoms with van der Waals surface area (Å²) in [6, 6.07) is 6.69. The van der Waals surface area contributed by atoms with Gasteiger partial charge in [0.05, 0.1) is 18.8 Å². The highest BCUT2D eigenvalue weighted by Gasteiger charge is 2.23. The molecule has 25 heavy (non-hydrogen) atoms. The summed E-state index contributed by atoms with van der Waals surface area (Å²) in [6.45, 7) is 4.21. The molecule has 134 valence electrons. The maximum atomic E-state index is 14.0. The van der Waals surface area contributed by atoms with Crippen LogP contribution in [0, 0.1) is 5.82 Å². The fourth-order valence-corrected chi connectivity index (χ4v) is 4.13. The number of methoxy groups -OCH3 is 1. The third-order valence-electron chi connectivity index (χ3n) is 4.11. The summed E-state index contributed by atoms with van der Waals surface area (Å²) in [5.74, 6) is -0.260. The number of thiazole rings is 1. The molecule has 5 nitrogen and oxygen atoms in total. The molecule has 0 radical (unpaired) electrons. The Morgan fingerprint density at radius 2 is 2.28 bits per heavy atom. The average Bonchev–Trinajstić information content (AvgIpc) is 2.98. The second-order valence-corrected chi connectivity index (χ2v) is 7.34. The van der Waals surface area contributed by atoms with Crippen LogP contribution in [0.2, 0.25) is 0 Å². The van der Waals surface area contributed by atoms with Gasteiger partial charge in [-0.1, -0.05) is 12.1 Å². The lowest BCUT2D eigenvalue weighted by Crippen LogP contribution is -2.43. The van der Waals surface area contributed by atoms with E-state index in [-0.39, 0.29) is 17.8 Å². The Balaban J connectivity index is 1.64. The molecule has 1 atom stereocenters. The molecule has 2 aromatic rings. The molecule has 1 aromatic carbocycles. The summed E-state index contributed by atoms with van der Waals surface area (Å²) in [5, 5.41) is 3.63. The third kappa shape index (κ3) is 4.42. The molecule has 1 aliphatic rings. The number of ether oxygens (including phenoxy) is 1. The first-order valence-electron chi connectivity index (χ1n) is 8.31. The Morgan fingerprint density at radius 3 is 3.04 bits per heavy atom. The zero-order valence-corrected chi connectivity index (χ0v) is 15.2. The largest absolute Gasteiger partial charge is 0.383 e. The smallest absolute Gasteiger partial charge is 0.234 e. The summed E-state index contributed by atoms with van der Waals surface area (Å²) in [5.41, 5.74) is 1.56. The Hall–Kier alpha value is -1.83. The number of carbonyl (C=O) groups excluding carboxylic acids is 1. The van der Waals surface area contributed by atoms with Crippen molar-refractivity contribution in [1.29, 1.82) is 0 Å². The van der Waals surface area contributed by atoms with Gasteiger partial charge in [-0.2, -0.15) is 0 Å². The van der Waals surface area contributed by atoms with Crippen molar-refractivity contribution in [2.45, 2.75) is 25.9 Å². The summed E-state index contributed by atoms with van der Waals surface area (Å²) in [7, 11) is 1.62. The second kappa shape index (κ2) is 8.03. The quantitative estimate of drug-likeness (QED) is 0.857. The van der Waals surface area contributed by atoms with Gasteiger partial charge in [0.25, 0.3) is 0 Å². The highest BCUT2D eigenvalue weighted by Crippen LogP contribution is 2.32. The molecule has 1 aromatic heterocycles. The number of amides is 1. The lowest BCUT2D eigenvalue weighted by Gasteiger charge is -2.25. The molecular formula is C18H22FN3O2S. The fourth-order valence-electron chi connectivity index (χ4n) is 2.95. The number of halogens is 1. The van der Waals surface area contributed by atoms with Crippen LogP contribution in [0.4, 0.5) is 4.39 Å². The standard InChI is InChI=1S/C18H22FN3O2S/c1-12(11-24-2)20-17(23)10-22-8-7-15-16(9-22)25-18(21-15)13-5-3-4-6-14(13)19/h3-6,12H,7-11H2,1-2H3,(H,20,23). The van der Waals surface area contributed by atoms with Crippen LogP contribution in [0.15, 0.2) is 24.3 Å². The van der Waals surface area contributed by atoms with Crippen molar-refractivity contribution in [3.05, 3.63) is 40.7 Å². The molecule has 0 bridgehead atoms. The molecule has 0 fully saturated rings. The van der Waals surface area contributed by atoms with Crippen LogP contribution >= 0.6 is 11.3 Å². The molecular weight excluding hydrogens is 341 g/mol. The Morgan fingerprint density at radius 1 is 1.48 bits per heavy atom. The zero-order chi connectivity index (χ0) is 17.8. The van der Waals surface area contributed by atoms with Crippen LogP contribution in [0.25, 0.3) is 10.6 Å². The summed E-state index contributed by atoms with van der Waals surface area (Å²) < 4.78 is 19.0. The first-order chi connectivity index (χ1) is 12.1. The van der Waals surface area contributed by atoms with Crippen molar-refractivity contribution in [2.24, 2.45) is 0 Å². The van der Waals surface area contributed by atoms with Gasteiger partial charge >= 0.3 is 0 Å². The van der Waals surface area contributed by atoms with Crippen molar-refractivity contribution < 1.29 is 13.9 Å². The van der Waals surface area contributed by atoms with Gasteiger partial charge in [-0.15, -0.1) is 11.3 Å². The predicted octanol–water partition coefficient (Wildman–Crippen LogP) is 2.46. The first kappa shape index (κ1) is 18.0. The molecule has 1 aliphatic heterocycles. The van der Waals surface area contributed by atoms with Gasteiger partial charge < -0.3 is 10.1 Å². The normalized spacial score (nSPS) is 15.6. The van der Waals surface area contributed by atoms with E-state index in [0.717, 1.165) is 23.5 Å². The van der Waals surface area contributed by atoms with E-state index in [1.54, 1.807) is 19.2 Å². The summed E-state index contributed by atoms with van der Waals surface area (Å²) in [6.07, 6.45) is 0.779. The van der Waals surface area contributed by atoms with E-state index in [4.69, 9.17) is 4.74 Å². The number of rotatable bonds is 6. The van der Waals surface area contributed by atoms with Crippen molar-refractivity contribution >= 4 is 17.2 Å². The highest BCUT2D eigenvalue weighted by atomic mass is 32.1. The van der Waals surface area contributed by atoms with Crippen LogP contribution < -0.4 is 5.32 Å². The molecule has 1 N–H and O–H groups in total. The number of hydrogen-bond donors (Lipinski definition) is 1. The van der Waals surface area contributed by atoms with Gasteiger partial charge in [-0.05, 0) is 19.1 Å². The summed E-state index contributed by atoms with van der Waals surface area (Å²) in [4.78, 5) is 19.9. The van der Waals surface area contributed by atoms with Crippen molar-refractivity contribution in [3.63, 3.8) is 0 Å². The maximum Gasteiger partial charge on any atom is 0.234 e. The molecule has 1 unspecified atom stereocenters. The van der Waals surface area contributed by atoms with Gasteiger partial charge in [-0.3, -0.25) is 9.69 Å². The van der Waals surface area contributed by atoms with Gasteiger partial charge in [-0.25, -0.2) is 9.37 Å². The van der Waals surface area contributed by atoms with Crippen LogP contribution in [-0.2, 0) is 22.5 Å². The fraction of sp³-hybridized carbons (Fsp3) is 0.444. The Labute approximate surface area is 150 Å². The average molecular weight is 363 g/mol. The molecule has 0 aliphatic carbocycles. The lowest BCUT2D eigenvalue weighted by molar-refractivity contribution is -0.123. The van der Waals surface area contributed by atoms with Gasteiger partial charge in [0.15, 0.2) is 0 Å².